The average Bonchev–Trinajstić information content (AvgIpc) is 2.81. The van der Waals surface area contributed by atoms with Gasteiger partial charge in [0, 0.05) is 32.7 Å². The number of anilines is 1. The molecular formula is C24H39IN6. The summed E-state index contributed by atoms with van der Waals surface area (Å²) in [6.45, 7) is 6.72. The number of hydrogen-bond acceptors (Lipinski definition) is 4. The van der Waals surface area contributed by atoms with Crippen LogP contribution in [0.4, 0.5) is 5.69 Å². The van der Waals surface area contributed by atoms with Gasteiger partial charge in [0.2, 0.25) is 0 Å². The maximum absolute atomic E-state index is 9.41. The van der Waals surface area contributed by atoms with Crippen LogP contribution in [-0.2, 0) is 0 Å². The summed E-state index contributed by atoms with van der Waals surface area (Å²) < 4.78 is 0. The number of para-hydroxylation sites is 1. The van der Waals surface area contributed by atoms with E-state index in [1.807, 2.05) is 25.2 Å². The van der Waals surface area contributed by atoms with Gasteiger partial charge in [0.15, 0.2) is 5.96 Å². The zero-order chi connectivity index (χ0) is 21.0. The zero-order valence-electron chi connectivity index (χ0n) is 19.0. The van der Waals surface area contributed by atoms with Crippen LogP contribution in [0.1, 0.15) is 56.9 Å². The largest absolute Gasteiger partial charge is 0.368 e. The molecule has 172 valence electrons. The molecule has 2 aliphatic heterocycles. The highest BCUT2D eigenvalue weighted by Gasteiger charge is 2.22. The predicted octanol–water partition coefficient (Wildman–Crippen LogP) is 3.97. The van der Waals surface area contributed by atoms with Crippen LogP contribution in [0.25, 0.3) is 0 Å². The van der Waals surface area contributed by atoms with Crippen LogP contribution in [0, 0.1) is 11.3 Å². The number of likely N-dealkylation sites (tertiary alicyclic amines) is 1. The summed E-state index contributed by atoms with van der Waals surface area (Å²) in [5, 5.41) is 16.5. The molecule has 2 aliphatic rings. The molecule has 3 rings (SSSR count). The smallest absolute Gasteiger partial charge is 0.191 e. The van der Waals surface area contributed by atoms with E-state index < -0.39 is 0 Å². The number of halogens is 1. The number of rotatable bonds is 8. The molecule has 0 radical (unpaired) electrons. The molecule has 2 N–H and O–H groups in total. The summed E-state index contributed by atoms with van der Waals surface area (Å²) in [7, 11) is 1.84. The van der Waals surface area contributed by atoms with Crippen molar-refractivity contribution in [3.05, 3.63) is 29.8 Å². The second-order valence-electron chi connectivity index (χ2n) is 8.52. The Labute approximate surface area is 205 Å². The molecule has 0 bridgehead atoms. The normalized spacial score (nSPS) is 19.9. The molecule has 0 aliphatic carbocycles. The molecule has 1 aromatic carbocycles. The van der Waals surface area contributed by atoms with Gasteiger partial charge in [0.1, 0.15) is 6.07 Å². The minimum Gasteiger partial charge on any atom is -0.368 e. The van der Waals surface area contributed by atoms with Crippen LogP contribution >= 0.6 is 24.0 Å². The fourth-order valence-electron chi connectivity index (χ4n) is 4.57. The van der Waals surface area contributed by atoms with Gasteiger partial charge in [-0.1, -0.05) is 25.0 Å². The number of piperidine rings is 2. The lowest BCUT2D eigenvalue weighted by Crippen LogP contribution is -2.51. The second-order valence-corrected chi connectivity index (χ2v) is 8.52. The fourth-order valence-corrected chi connectivity index (χ4v) is 4.57. The first kappa shape index (κ1) is 25.7. The van der Waals surface area contributed by atoms with Crippen molar-refractivity contribution in [2.45, 2.75) is 57.4 Å². The van der Waals surface area contributed by atoms with Crippen molar-refractivity contribution in [2.24, 2.45) is 4.99 Å². The minimum atomic E-state index is 0. The van der Waals surface area contributed by atoms with E-state index in [0.29, 0.717) is 6.04 Å². The molecular weight excluding hydrogens is 499 g/mol. The van der Waals surface area contributed by atoms with Crippen LogP contribution in [0.5, 0.6) is 0 Å². The molecule has 0 aromatic heterocycles. The number of nitrogens with one attached hydrogen (secondary N) is 2. The van der Waals surface area contributed by atoms with Gasteiger partial charge in [0.25, 0.3) is 0 Å². The first-order valence-electron chi connectivity index (χ1n) is 11.7. The first-order chi connectivity index (χ1) is 14.8. The molecule has 6 nitrogen and oxygen atoms in total. The standard InChI is InChI=1S/C24H38N6.HI/c1-26-24(27-14-6-2-7-15-29-16-8-3-9-17-29)28-22-12-10-18-30(20-22)23-13-5-4-11-21(23)19-25;/h4-5,11,13,22H,2-3,6-10,12,14-18,20H2,1H3,(H2,26,27,28);1H. The molecule has 31 heavy (non-hydrogen) atoms. The molecule has 7 heteroatoms. The van der Waals surface area contributed by atoms with E-state index in [2.05, 4.69) is 37.6 Å². The van der Waals surface area contributed by atoms with E-state index in [-0.39, 0.29) is 24.0 Å². The van der Waals surface area contributed by atoms with E-state index in [9.17, 15) is 5.26 Å². The molecule has 1 unspecified atom stereocenters. The van der Waals surface area contributed by atoms with Crippen molar-refractivity contribution in [1.29, 1.82) is 5.26 Å². The summed E-state index contributed by atoms with van der Waals surface area (Å²) in [5.74, 6) is 0.895. The van der Waals surface area contributed by atoms with Crippen molar-refractivity contribution < 1.29 is 0 Å². The number of benzene rings is 1. The maximum atomic E-state index is 9.41. The van der Waals surface area contributed by atoms with E-state index in [0.717, 1.165) is 49.7 Å². The van der Waals surface area contributed by atoms with Gasteiger partial charge < -0.3 is 20.4 Å². The van der Waals surface area contributed by atoms with Gasteiger partial charge in [-0.15, -0.1) is 24.0 Å². The number of nitrogens with zero attached hydrogens (tertiary/aromatic N) is 4. The van der Waals surface area contributed by atoms with Crippen LogP contribution in [0.3, 0.4) is 0 Å². The van der Waals surface area contributed by atoms with Gasteiger partial charge in [0.05, 0.1) is 11.3 Å². The van der Waals surface area contributed by atoms with Crippen molar-refractivity contribution in [3.8, 4) is 6.07 Å². The third-order valence-corrected chi connectivity index (χ3v) is 6.24. The van der Waals surface area contributed by atoms with Gasteiger partial charge in [-0.25, -0.2) is 0 Å². The van der Waals surface area contributed by atoms with Crippen molar-refractivity contribution in [3.63, 3.8) is 0 Å². The number of hydrogen-bond donors (Lipinski definition) is 2. The fraction of sp³-hybridized carbons (Fsp3) is 0.667. The van der Waals surface area contributed by atoms with Crippen LogP contribution < -0.4 is 15.5 Å². The molecule has 2 saturated heterocycles. The Morgan fingerprint density at radius 2 is 1.90 bits per heavy atom. The molecule has 1 aromatic rings. The number of guanidine groups is 1. The summed E-state index contributed by atoms with van der Waals surface area (Å²) >= 11 is 0. The highest BCUT2D eigenvalue weighted by atomic mass is 127. The van der Waals surface area contributed by atoms with E-state index in [4.69, 9.17) is 0 Å². The molecule has 2 fully saturated rings. The maximum Gasteiger partial charge on any atom is 0.191 e. The van der Waals surface area contributed by atoms with Crippen molar-refractivity contribution >= 4 is 35.6 Å². The zero-order valence-corrected chi connectivity index (χ0v) is 21.3. The monoisotopic (exact) mass is 538 g/mol. The first-order valence-corrected chi connectivity index (χ1v) is 11.7. The number of nitriles is 1. The van der Waals surface area contributed by atoms with Gasteiger partial charge >= 0.3 is 0 Å². The molecule has 0 saturated carbocycles. The summed E-state index contributed by atoms with van der Waals surface area (Å²) in [6.07, 6.45) is 10.2. The van der Waals surface area contributed by atoms with Crippen LogP contribution in [0.15, 0.2) is 29.3 Å². The number of unbranched alkanes of at least 4 members (excludes halogenated alkanes) is 2. The van der Waals surface area contributed by atoms with E-state index >= 15 is 0 Å². The Balaban J connectivity index is 0.00000341. The van der Waals surface area contributed by atoms with E-state index in [1.165, 1.54) is 58.2 Å². The topological polar surface area (TPSA) is 66.7 Å². The van der Waals surface area contributed by atoms with Gasteiger partial charge in [-0.2, -0.15) is 5.26 Å². The molecule has 0 spiro atoms. The Morgan fingerprint density at radius 3 is 2.68 bits per heavy atom. The Bertz CT molecular complexity index is 710. The van der Waals surface area contributed by atoms with Crippen LogP contribution in [-0.4, -0.2) is 63.2 Å². The third-order valence-electron chi connectivity index (χ3n) is 6.24. The Morgan fingerprint density at radius 1 is 1.10 bits per heavy atom. The highest BCUT2D eigenvalue weighted by Crippen LogP contribution is 2.23. The summed E-state index contributed by atoms with van der Waals surface area (Å²) in [6, 6.07) is 10.6. The second kappa shape index (κ2) is 14.5. The van der Waals surface area contributed by atoms with Gasteiger partial charge in [-0.05, 0) is 70.3 Å². The molecule has 1 atom stereocenters. The third kappa shape index (κ3) is 8.49. The predicted molar refractivity (Wildman–Crippen MR) is 140 cm³/mol. The lowest BCUT2D eigenvalue weighted by atomic mass is 10.0. The van der Waals surface area contributed by atoms with Crippen molar-refractivity contribution in [1.82, 2.24) is 15.5 Å². The summed E-state index contributed by atoms with van der Waals surface area (Å²) in [4.78, 5) is 9.37. The summed E-state index contributed by atoms with van der Waals surface area (Å²) in [5.41, 5.74) is 1.80. The molecule has 2 heterocycles. The average molecular weight is 539 g/mol. The van der Waals surface area contributed by atoms with Crippen molar-refractivity contribution in [2.75, 3.05) is 51.2 Å². The van der Waals surface area contributed by atoms with E-state index in [1.54, 1.807) is 0 Å². The Hall–Kier alpha value is -1.53. The minimum absolute atomic E-state index is 0. The quantitative estimate of drug-likeness (QED) is 0.227. The lowest BCUT2D eigenvalue weighted by Gasteiger charge is -2.35. The van der Waals surface area contributed by atoms with Gasteiger partial charge in [-0.3, -0.25) is 4.99 Å². The molecule has 0 amide bonds. The highest BCUT2D eigenvalue weighted by molar-refractivity contribution is 14.0. The lowest BCUT2D eigenvalue weighted by molar-refractivity contribution is 0.224. The van der Waals surface area contributed by atoms with Crippen LogP contribution in [0.2, 0.25) is 0 Å². The number of aliphatic imine (C=N–C) groups is 1. The Kier molecular flexibility index (Phi) is 12.0. The SMILES string of the molecule is CN=C(NCCCCCN1CCCCC1)NC1CCCN(c2ccccc2C#N)C1.I.